The van der Waals surface area contributed by atoms with Crippen molar-refractivity contribution in [3.63, 3.8) is 0 Å². The average molecular weight is 311 g/mol. The SMILES string of the molecule is CN(C)S(=O)(=O)c1ccc2oc(SCCC#N)nc2c1. The molecule has 0 aliphatic heterocycles. The van der Waals surface area contributed by atoms with Gasteiger partial charge in [0.1, 0.15) is 5.52 Å². The Morgan fingerprint density at radius 3 is 2.85 bits per heavy atom. The van der Waals surface area contributed by atoms with E-state index in [1.807, 2.05) is 6.07 Å². The second kappa shape index (κ2) is 5.83. The lowest BCUT2D eigenvalue weighted by Crippen LogP contribution is -2.22. The molecule has 20 heavy (non-hydrogen) atoms. The molecular weight excluding hydrogens is 298 g/mol. The van der Waals surface area contributed by atoms with Crippen LogP contribution in [0.4, 0.5) is 0 Å². The molecule has 0 saturated heterocycles. The fraction of sp³-hybridized carbons (Fsp3) is 0.333. The molecule has 8 heteroatoms. The number of hydrogen-bond donors (Lipinski definition) is 0. The number of hydrogen-bond acceptors (Lipinski definition) is 6. The summed E-state index contributed by atoms with van der Waals surface area (Å²) in [7, 11) is -0.523. The normalized spacial score (nSPS) is 11.9. The van der Waals surface area contributed by atoms with Crippen molar-refractivity contribution in [3.8, 4) is 6.07 Å². The number of nitriles is 1. The largest absolute Gasteiger partial charge is 0.431 e. The molecule has 0 radical (unpaired) electrons. The molecule has 0 bridgehead atoms. The molecule has 0 amide bonds. The van der Waals surface area contributed by atoms with Gasteiger partial charge in [0, 0.05) is 26.3 Å². The summed E-state index contributed by atoms with van der Waals surface area (Å²) >= 11 is 1.33. The molecule has 0 aliphatic rings. The fourth-order valence-corrected chi connectivity index (χ4v) is 3.10. The maximum absolute atomic E-state index is 12.0. The van der Waals surface area contributed by atoms with E-state index in [-0.39, 0.29) is 4.90 Å². The maximum Gasteiger partial charge on any atom is 0.256 e. The van der Waals surface area contributed by atoms with Crippen LogP contribution in [-0.4, -0.2) is 37.6 Å². The van der Waals surface area contributed by atoms with E-state index in [2.05, 4.69) is 4.98 Å². The van der Waals surface area contributed by atoms with E-state index in [9.17, 15) is 8.42 Å². The van der Waals surface area contributed by atoms with Gasteiger partial charge in [0.15, 0.2) is 5.58 Å². The summed E-state index contributed by atoms with van der Waals surface area (Å²) < 4.78 is 30.7. The van der Waals surface area contributed by atoms with Gasteiger partial charge in [-0.15, -0.1) is 0 Å². The van der Waals surface area contributed by atoms with Gasteiger partial charge in [-0.05, 0) is 18.2 Å². The van der Waals surface area contributed by atoms with Crippen LogP contribution < -0.4 is 0 Å². The van der Waals surface area contributed by atoms with Gasteiger partial charge >= 0.3 is 0 Å². The van der Waals surface area contributed by atoms with Gasteiger partial charge in [-0.25, -0.2) is 17.7 Å². The van der Waals surface area contributed by atoms with Crippen LogP contribution in [0, 0.1) is 11.3 Å². The quantitative estimate of drug-likeness (QED) is 0.620. The molecule has 106 valence electrons. The highest BCUT2D eigenvalue weighted by molar-refractivity contribution is 7.99. The van der Waals surface area contributed by atoms with Crippen molar-refractivity contribution in [2.45, 2.75) is 16.5 Å². The van der Waals surface area contributed by atoms with Crippen molar-refractivity contribution >= 4 is 32.9 Å². The van der Waals surface area contributed by atoms with Crippen molar-refractivity contribution in [2.24, 2.45) is 0 Å². The van der Waals surface area contributed by atoms with E-state index in [0.717, 1.165) is 4.31 Å². The summed E-state index contributed by atoms with van der Waals surface area (Å²) in [5.41, 5.74) is 1.02. The van der Waals surface area contributed by atoms with Crippen LogP contribution in [0.25, 0.3) is 11.1 Å². The molecule has 0 aliphatic carbocycles. The molecule has 0 N–H and O–H groups in total. The summed E-state index contributed by atoms with van der Waals surface area (Å²) in [6.07, 6.45) is 0.406. The molecule has 0 atom stereocenters. The smallest absolute Gasteiger partial charge is 0.256 e. The molecule has 2 rings (SSSR count). The first kappa shape index (κ1) is 14.8. The Balaban J connectivity index is 2.33. The summed E-state index contributed by atoms with van der Waals surface area (Å²) in [6, 6.07) is 6.61. The van der Waals surface area contributed by atoms with E-state index in [0.29, 0.717) is 28.5 Å². The highest BCUT2D eigenvalue weighted by atomic mass is 32.2. The molecule has 0 spiro atoms. The van der Waals surface area contributed by atoms with Crippen molar-refractivity contribution in [2.75, 3.05) is 19.8 Å². The van der Waals surface area contributed by atoms with Crippen LogP contribution in [0.5, 0.6) is 0 Å². The minimum Gasteiger partial charge on any atom is -0.431 e. The van der Waals surface area contributed by atoms with E-state index in [1.165, 1.54) is 38.0 Å². The van der Waals surface area contributed by atoms with Gasteiger partial charge in [-0.3, -0.25) is 0 Å². The van der Waals surface area contributed by atoms with E-state index in [4.69, 9.17) is 9.68 Å². The third kappa shape index (κ3) is 2.95. The van der Waals surface area contributed by atoms with E-state index >= 15 is 0 Å². The summed E-state index contributed by atoms with van der Waals surface area (Å²) in [4.78, 5) is 4.40. The lowest BCUT2D eigenvalue weighted by molar-refractivity contribution is 0.489. The van der Waals surface area contributed by atoms with Crippen LogP contribution in [0.15, 0.2) is 32.7 Å². The number of benzene rings is 1. The molecule has 0 fully saturated rings. The average Bonchev–Trinajstić information content (AvgIpc) is 2.80. The molecule has 0 unspecified atom stereocenters. The number of oxazole rings is 1. The van der Waals surface area contributed by atoms with Crippen molar-refractivity contribution < 1.29 is 12.8 Å². The minimum atomic E-state index is -3.48. The van der Waals surface area contributed by atoms with Gasteiger partial charge in [0.2, 0.25) is 10.0 Å². The van der Waals surface area contributed by atoms with Gasteiger partial charge in [-0.1, -0.05) is 11.8 Å². The first-order valence-electron chi connectivity index (χ1n) is 5.78. The topological polar surface area (TPSA) is 87.2 Å². The number of nitrogens with zero attached hydrogens (tertiary/aromatic N) is 3. The molecule has 2 aromatic rings. The number of rotatable bonds is 5. The lowest BCUT2D eigenvalue weighted by Gasteiger charge is -2.10. The third-order valence-corrected chi connectivity index (χ3v) is 5.20. The Labute approximate surface area is 121 Å². The van der Waals surface area contributed by atoms with Crippen molar-refractivity contribution in [3.05, 3.63) is 18.2 Å². The van der Waals surface area contributed by atoms with Crippen molar-refractivity contribution in [1.82, 2.24) is 9.29 Å². The Morgan fingerprint density at radius 1 is 1.45 bits per heavy atom. The third-order valence-electron chi connectivity index (χ3n) is 2.56. The predicted molar refractivity (Wildman–Crippen MR) is 75.8 cm³/mol. The zero-order valence-corrected chi connectivity index (χ0v) is 12.7. The summed E-state index contributed by atoms with van der Waals surface area (Å²) in [5.74, 6) is 0.589. The number of fused-ring (bicyclic) bond motifs is 1. The molecule has 1 heterocycles. The number of thioether (sulfide) groups is 1. The summed E-state index contributed by atoms with van der Waals surface area (Å²) in [6.45, 7) is 0. The van der Waals surface area contributed by atoms with Crippen LogP contribution in [0.1, 0.15) is 6.42 Å². The Morgan fingerprint density at radius 2 is 2.20 bits per heavy atom. The van der Waals surface area contributed by atoms with Crippen LogP contribution in [-0.2, 0) is 10.0 Å². The first-order chi connectivity index (χ1) is 9.45. The van der Waals surface area contributed by atoms with Gasteiger partial charge in [0.05, 0.1) is 11.0 Å². The highest BCUT2D eigenvalue weighted by Gasteiger charge is 2.18. The second-order valence-electron chi connectivity index (χ2n) is 4.15. The highest BCUT2D eigenvalue weighted by Crippen LogP contribution is 2.26. The molecule has 6 nitrogen and oxygen atoms in total. The summed E-state index contributed by atoms with van der Waals surface area (Å²) in [5, 5.41) is 8.92. The van der Waals surface area contributed by atoms with Gasteiger partial charge in [-0.2, -0.15) is 5.26 Å². The molecule has 0 saturated carbocycles. The van der Waals surface area contributed by atoms with Gasteiger partial charge < -0.3 is 4.42 Å². The number of sulfonamides is 1. The Hall–Kier alpha value is -1.56. The fourth-order valence-electron chi connectivity index (χ4n) is 1.50. The first-order valence-corrected chi connectivity index (χ1v) is 8.20. The van der Waals surface area contributed by atoms with Crippen LogP contribution in [0.2, 0.25) is 0 Å². The number of aromatic nitrogens is 1. The lowest BCUT2D eigenvalue weighted by atomic mass is 10.3. The molecule has 1 aromatic heterocycles. The Bertz CT molecular complexity index is 760. The second-order valence-corrected chi connectivity index (χ2v) is 7.35. The zero-order valence-electron chi connectivity index (χ0n) is 11.0. The zero-order chi connectivity index (χ0) is 14.8. The minimum absolute atomic E-state index is 0.178. The Kier molecular flexibility index (Phi) is 4.32. The van der Waals surface area contributed by atoms with Crippen molar-refractivity contribution in [1.29, 1.82) is 5.26 Å². The monoisotopic (exact) mass is 311 g/mol. The molecule has 1 aromatic carbocycles. The van der Waals surface area contributed by atoms with E-state index < -0.39 is 10.0 Å². The van der Waals surface area contributed by atoms with Gasteiger partial charge in [0.25, 0.3) is 5.22 Å². The predicted octanol–water partition coefficient (Wildman–Crippen LogP) is 2.08. The van der Waals surface area contributed by atoms with Crippen LogP contribution >= 0.6 is 11.8 Å². The van der Waals surface area contributed by atoms with Crippen LogP contribution in [0.3, 0.4) is 0 Å². The van der Waals surface area contributed by atoms with E-state index in [1.54, 1.807) is 6.07 Å². The standard InChI is InChI=1S/C12H13N3O3S2/c1-15(2)20(16,17)9-4-5-11-10(8-9)14-12(18-11)19-7-3-6-13/h4-5,8H,3,7H2,1-2H3. The maximum atomic E-state index is 12.0. The molecular formula is C12H13N3O3S2.